The van der Waals surface area contributed by atoms with E-state index in [1.807, 2.05) is 24.3 Å². The number of nitrogens with one attached hydrogen (secondary N) is 2. The molecule has 3 nitrogen and oxygen atoms in total. The number of aromatic amines is 1. The summed E-state index contributed by atoms with van der Waals surface area (Å²) in [5, 5.41) is 5.28. The van der Waals surface area contributed by atoms with Crippen LogP contribution in [0.1, 0.15) is 45.4 Å². The predicted molar refractivity (Wildman–Crippen MR) is 88.8 cm³/mol. The summed E-state index contributed by atoms with van der Waals surface area (Å²) in [5.74, 6) is 1.77. The Kier molecular flexibility index (Phi) is 4.28. The summed E-state index contributed by atoms with van der Waals surface area (Å²) in [4.78, 5) is 15.1. The summed E-state index contributed by atoms with van der Waals surface area (Å²) in [7, 11) is 0. The van der Waals surface area contributed by atoms with Crippen LogP contribution in [0.5, 0.6) is 0 Å². The van der Waals surface area contributed by atoms with Crippen molar-refractivity contribution in [2.45, 2.75) is 51.5 Å². The molecular formula is C18H24N2O. The largest absolute Gasteiger partial charge is 0.369 e. The van der Waals surface area contributed by atoms with E-state index in [0.717, 1.165) is 22.5 Å². The van der Waals surface area contributed by atoms with Gasteiger partial charge in [-0.15, -0.1) is 0 Å². The highest BCUT2D eigenvalue weighted by Gasteiger charge is 2.20. The van der Waals surface area contributed by atoms with Gasteiger partial charge >= 0.3 is 0 Å². The minimum absolute atomic E-state index is 0.00438. The van der Waals surface area contributed by atoms with Gasteiger partial charge in [0.2, 0.25) is 0 Å². The summed E-state index contributed by atoms with van der Waals surface area (Å²) < 4.78 is 0. The monoisotopic (exact) mass is 284 g/mol. The number of rotatable bonds is 4. The van der Waals surface area contributed by atoms with E-state index in [-0.39, 0.29) is 5.56 Å². The molecule has 112 valence electrons. The van der Waals surface area contributed by atoms with E-state index in [1.54, 1.807) is 0 Å². The first-order valence-corrected chi connectivity index (χ1v) is 8.15. The number of pyridine rings is 1. The second-order valence-electron chi connectivity index (χ2n) is 6.25. The van der Waals surface area contributed by atoms with E-state index in [9.17, 15) is 4.79 Å². The van der Waals surface area contributed by atoms with Gasteiger partial charge in [0, 0.05) is 11.4 Å². The van der Waals surface area contributed by atoms with Crippen molar-refractivity contribution in [3.8, 4) is 0 Å². The molecule has 21 heavy (non-hydrogen) atoms. The van der Waals surface area contributed by atoms with Crippen LogP contribution in [-0.4, -0.2) is 11.0 Å². The van der Waals surface area contributed by atoms with Gasteiger partial charge in [-0.05, 0) is 49.1 Å². The fraction of sp³-hybridized carbons (Fsp3) is 0.500. The molecule has 0 bridgehead atoms. The number of fused-ring (bicyclic) bond motifs is 1. The maximum absolute atomic E-state index is 12.1. The predicted octanol–water partition coefficient (Wildman–Crippen LogP) is 4.30. The van der Waals surface area contributed by atoms with E-state index >= 15 is 0 Å². The zero-order valence-electron chi connectivity index (χ0n) is 12.7. The summed E-state index contributed by atoms with van der Waals surface area (Å²) >= 11 is 0. The molecule has 3 heteroatoms. The number of anilines is 1. The Labute approximate surface area is 125 Å². The van der Waals surface area contributed by atoms with Crippen LogP contribution in [0, 0.1) is 5.92 Å². The number of benzene rings is 1. The zero-order chi connectivity index (χ0) is 14.7. The molecule has 1 saturated carbocycles. The Morgan fingerprint density at radius 3 is 2.71 bits per heavy atom. The van der Waals surface area contributed by atoms with E-state index in [2.05, 4.69) is 23.3 Å². The molecule has 2 aromatic rings. The first kappa shape index (κ1) is 14.2. The van der Waals surface area contributed by atoms with Crippen LogP contribution < -0.4 is 10.9 Å². The molecular weight excluding hydrogens is 260 g/mol. The lowest BCUT2D eigenvalue weighted by molar-refractivity contribution is 0.318. The average molecular weight is 284 g/mol. The van der Waals surface area contributed by atoms with Crippen LogP contribution in [0.4, 0.5) is 5.82 Å². The Bertz CT molecular complexity index is 654. The van der Waals surface area contributed by atoms with Gasteiger partial charge in [0.05, 0.1) is 0 Å². The minimum atomic E-state index is -0.00438. The highest BCUT2D eigenvalue weighted by atomic mass is 16.1. The molecule has 1 aromatic carbocycles. The van der Waals surface area contributed by atoms with Crippen molar-refractivity contribution < 1.29 is 0 Å². The van der Waals surface area contributed by atoms with Gasteiger partial charge < -0.3 is 10.3 Å². The molecule has 1 aliphatic rings. The lowest BCUT2D eigenvalue weighted by atomic mass is 9.83. The maximum atomic E-state index is 12.1. The first-order valence-electron chi connectivity index (χ1n) is 8.15. The van der Waals surface area contributed by atoms with Crippen LogP contribution in [0.25, 0.3) is 10.8 Å². The van der Waals surface area contributed by atoms with Gasteiger partial charge in [0.15, 0.2) is 0 Å². The smallest absolute Gasteiger partial charge is 0.257 e. The molecule has 0 unspecified atom stereocenters. The van der Waals surface area contributed by atoms with Gasteiger partial charge in [0.1, 0.15) is 5.82 Å². The summed E-state index contributed by atoms with van der Waals surface area (Å²) in [5.41, 5.74) is -0.00438. The van der Waals surface area contributed by atoms with Gasteiger partial charge in [-0.1, -0.05) is 38.0 Å². The number of hydrogen-bond acceptors (Lipinski definition) is 2. The Balaban J connectivity index is 1.70. The van der Waals surface area contributed by atoms with E-state index in [0.29, 0.717) is 6.04 Å². The Morgan fingerprint density at radius 2 is 1.95 bits per heavy atom. The van der Waals surface area contributed by atoms with Crippen molar-refractivity contribution in [1.29, 1.82) is 0 Å². The molecule has 1 fully saturated rings. The van der Waals surface area contributed by atoms with Crippen LogP contribution >= 0.6 is 0 Å². The van der Waals surface area contributed by atoms with Crippen LogP contribution in [-0.2, 0) is 0 Å². The zero-order valence-corrected chi connectivity index (χ0v) is 12.7. The number of H-pyrrole nitrogens is 1. The van der Waals surface area contributed by atoms with Crippen molar-refractivity contribution in [2.75, 3.05) is 5.32 Å². The molecule has 2 N–H and O–H groups in total. The normalized spacial score (nSPS) is 22.3. The highest BCUT2D eigenvalue weighted by molar-refractivity contribution is 5.83. The molecule has 0 saturated heterocycles. The topological polar surface area (TPSA) is 44.9 Å². The summed E-state index contributed by atoms with van der Waals surface area (Å²) in [6.07, 6.45) is 7.69. The SMILES string of the molecule is CCCC1CCC(Nc2cc3ccccc3c(=O)[nH]2)CC1. The van der Waals surface area contributed by atoms with Gasteiger partial charge in [-0.3, -0.25) is 4.79 Å². The summed E-state index contributed by atoms with van der Waals surface area (Å²) in [6, 6.07) is 10.3. The Hall–Kier alpha value is -1.77. The first-order chi connectivity index (χ1) is 10.3. The van der Waals surface area contributed by atoms with Crippen molar-refractivity contribution in [2.24, 2.45) is 5.92 Å². The maximum Gasteiger partial charge on any atom is 0.257 e. The van der Waals surface area contributed by atoms with Gasteiger partial charge in [0.25, 0.3) is 5.56 Å². The van der Waals surface area contributed by atoms with E-state index in [4.69, 9.17) is 0 Å². The fourth-order valence-corrected chi connectivity index (χ4v) is 3.51. The molecule has 0 atom stereocenters. The summed E-state index contributed by atoms with van der Waals surface area (Å²) in [6.45, 7) is 2.27. The third-order valence-corrected chi connectivity index (χ3v) is 4.66. The lowest BCUT2D eigenvalue weighted by Crippen LogP contribution is -2.27. The standard InChI is InChI=1S/C18H24N2O/c1-2-5-13-8-10-15(11-9-13)19-17-12-14-6-3-4-7-16(14)18(21)20-17/h3-4,6-7,12-13,15H,2,5,8-11H2,1H3,(H2,19,20,21). The van der Waals surface area contributed by atoms with Crippen LogP contribution in [0.15, 0.2) is 35.1 Å². The van der Waals surface area contributed by atoms with Crippen LogP contribution in [0.2, 0.25) is 0 Å². The second-order valence-corrected chi connectivity index (χ2v) is 6.25. The molecule has 1 aliphatic carbocycles. The molecule has 0 amide bonds. The van der Waals surface area contributed by atoms with E-state index in [1.165, 1.54) is 38.5 Å². The number of hydrogen-bond donors (Lipinski definition) is 2. The van der Waals surface area contributed by atoms with Crippen molar-refractivity contribution in [1.82, 2.24) is 4.98 Å². The average Bonchev–Trinajstić information content (AvgIpc) is 2.50. The van der Waals surface area contributed by atoms with Gasteiger partial charge in [-0.25, -0.2) is 0 Å². The fourth-order valence-electron chi connectivity index (χ4n) is 3.51. The third-order valence-electron chi connectivity index (χ3n) is 4.66. The second kappa shape index (κ2) is 6.33. The minimum Gasteiger partial charge on any atom is -0.369 e. The van der Waals surface area contributed by atoms with Gasteiger partial charge in [-0.2, -0.15) is 0 Å². The molecule has 3 rings (SSSR count). The van der Waals surface area contributed by atoms with Crippen LogP contribution in [0.3, 0.4) is 0 Å². The molecule has 0 spiro atoms. The third kappa shape index (κ3) is 3.29. The number of aromatic nitrogens is 1. The van der Waals surface area contributed by atoms with Crippen molar-refractivity contribution in [3.05, 3.63) is 40.7 Å². The Morgan fingerprint density at radius 1 is 1.19 bits per heavy atom. The van der Waals surface area contributed by atoms with Crippen molar-refractivity contribution >= 4 is 16.6 Å². The van der Waals surface area contributed by atoms with E-state index < -0.39 is 0 Å². The molecule has 1 aromatic heterocycles. The quantitative estimate of drug-likeness (QED) is 0.879. The van der Waals surface area contributed by atoms with Crippen molar-refractivity contribution in [3.63, 3.8) is 0 Å². The molecule has 0 aliphatic heterocycles. The molecule has 0 radical (unpaired) electrons. The lowest BCUT2D eigenvalue weighted by Gasteiger charge is -2.29. The molecule has 1 heterocycles. The highest BCUT2D eigenvalue weighted by Crippen LogP contribution is 2.29.